The lowest BCUT2D eigenvalue weighted by atomic mass is 10.3. The highest BCUT2D eigenvalue weighted by atomic mass is 35.5. The molecule has 2 aromatic rings. The summed E-state index contributed by atoms with van der Waals surface area (Å²) in [7, 11) is 1.57. The summed E-state index contributed by atoms with van der Waals surface area (Å²) in [5.74, 6) is 0.582. The van der Waals surface area contributed by atoms with Gasteiger partial charge in [0, 0.05) is 10.7 Å². The second-order valence-electron chi connectivity index (χ2n) is 4.26. The summed E-state index contributed by atoms with van der Waals surface area (Å²) in [5, 5.41) is 3.57. The topological polar surface area (TPSA) is 47.6 Å². The van der Waals surface area contributed by atoms with E-state index in [0.717, 1.165) is 0 Å². The van der Waals surface area contributed by atoms with Crippen molar-refractivity contribution >= 4 is 46.4 Å². The predicted octanol–water partition coefficient (Wildman–Crippen LogP) is 4.67. The fourth-order valence-corrected chi connectivity index (χ4v) is 2.60. The van der Waals surface area contributed by atoms with Crippen molar-refractivity contribution in [3.8, 4) is 11.5 Å². The molecule has 0 aliphatic heterocycles. The molecule has 0 unspecified atom stereocenters. The lowest BCUT2D eigenvalue weighted by molar-refractivity contribution is -0.118. The Labute approximate surface area is 142 Å². The number of hydrogen-bond acceptors (Lipinski definition) is 3. The third-order valence-corrected chi connectivity index (χ3v) is 3.46. The molecular formula is C15H12Cl3NO3. The molecule has 0 fully saturated rings. The largest absolute Gasteiger partial charge is 0.497 e. The van der Waals surface area contributed by atoms with Crippen molar-refractivity contribution in [2.75, 3.05) is 19.0 Å². The molecular weight excluding hydrogens is 349 g/mol. The maximum absolute atomic E-state index is 11.9. The second kappa shape index (κ2) is 7.58. The lowest BCUT2D eigenvalue weighted by Gasteiger charge is -2.11. The summed E-state index contributed by atoms with van der Waals surface area (Å²) in [6, 6.07) is 9.90. The molecule has 0 aromatic heterocycles. The maximum Gasteiger partial charge on any atom is 0.262 e. The molecule has 0 atom stereocenters. The molecule has 0 radical (unpaired) electrons. The van der Waals surface area contributed by atoms with Crippen molar-refractivity contribution in [3.05, 3.63) is 51.5 Å². The van der Waals surface area contributed by atoms with Crippen LogP contribution in [0, 0.1) is 0 Å². The molecule has 0 bridgehead atoms. The van der Waals surface area contributed by atoms with Gasteiger partial charge < -0.3 is 14.8 Å². The van der Waals surface area contributed by atoms with Gasteiger partial charge >= 0.3 is 0 Å². The molecule has 0 aliphatic rings. The van der Waals surface area contributed by atoms with Gasteiger partial charge in [0.25, 0.3) is 5.91 Å². The van der Waals surface area contributed by atoms with Crippen molar-refractivity contribution < 1.29 is 14.3 Å². The van der Waals surface area contributed by atoms with Gasteiger partial charge in [-0.15, -0.1) is 0 Å². The molecule has 7 heteroatoms. The quantitative estimate of drug-likeness (QED) is 0.842. The van der Waals surface area contributed by atoms with Gasteiger partial charge in [0.15, 0.2) is 12.4 Å². The number of benzene rings is 2. The molecule has 0 saturated heterocycles. The fourth-order valence-electron chi connectivity index (χ4n) is 1.68. The van der Waals surface area contributed by atoms with Crippen LogP contribution in [0.4, 0.5) is 5.69 Å². The number of anilines is 1. The minimum absolute atomic E-state index is 0.220. The van der Waals surface area contributed by atoms with E-state index in [1.54, 1.807) is 31.4 Å². The van der Waals surface area contributed by atoms with Crippen LogP contribution < -0.4 is 14.8 Å². The van der Waals surface area contributed by atoms with Crippen molar-refractivity contribution in [1.29, 1.82) is 0 Å². The number of methoxy groups -OCH3 is 1. The first kappa shape index (κ1) is 16.7. The Morgan fingerprint density at radius 3 is 2.23 bits per heavy atom. The Morgan fingerprint density at radius 1 is 1.09 bits per heavy atom. The minimum atomic E-state index is -0.341. The number of ether oxygens (including phenoxy) is 2. The molecule has 1 N–H and O–H groups in total. The summed E-state index contributed by atoms with van der Waals surface area (Å²) in [4.78, 5) is 11.9. The number of amides is 1. The first-order valence-electron chi connectivity index (χ1n) is 6.21. The molecule has 22 heavy (non-hydrogen) atoms. The highest BCUT2D eigenvalue weighted by Gasteiger charge is 2.11. The number of carbonyl (C=O) groups excluding carboxylic acids is 1. The first-order chi connectivity index (χ1) is 10.5. The zero-order valence-electron chi connectivity index (χ0n) is 11.5. The van der Waals surface area contributed by atoms with Crippen LogP contribution >= 0.6 is 34.8 Å². The van der Waals surface area contributed by atoms with E-state index in [4.69, 9.17) is 44.3 Å². The van der Waals surface area contributed by atoms with Crippen LogP contribution in [0.3, 0.4) is 0 Å². The maximum atomic E-state index is 11.9. The number of nitrogens with one attached hydrogen (secondary N) is 1. The highest BCUT2D eigenvalue weighted by Crippen LogP contribution is 2.35. The molecule has 0 saturated carbocycles. The van der Waals surface area contributed by atoms with Crippen LogP contribution in [0.2, 0.25) is 15.1 Å². The van der Waals surface area contributed by atoms with E-state index >= 15 is 0 Å². The smallest absolute Gasteiger partial charge is 0.262 e. The Balaban J connectivity index is 1.95. The van der Waals surface area contributed by atoms with Gasteiger partial charge in [-0.05, 0) is 36.4 Å². The molecule has 0 heterocycles. The average molecular weight is 361 g/mol. The minimum Gasteiger partial charge on any atom is -0.497 e. The molecule has 0 aliphatic carbocycles. The van der Waals surface area contributed by atoms with Gasteiger partial charge in [-0.25, -0.2) is 0 Å². The zero-order valence-corrected chi connectivity index (χ0v) is 13.8. The van der Waals surface area contributed by atoms with E-state index in [1.165, 1.54) is 12.1 Å². The third-order valence-electron chi connectivity index (χ3n) is 2.68. The highest BCUT2D eigenvalue weighted by molar-refractivity contribution is 6.40. The number of rotatable bonds is 5. The standard InChI is InChI=1S/C15H12Cl3NO3/c1-21-11-4-2-10(3-5-11)19-14(20)8-22-15-12(17)6-9(16)7-13(15)18/h2-7H,8H2,1H3,(H,19,20). The van der Waals surface area contributed by atoms with E-state index in [0.29, 0.717) is 16.5 Å². The summed E-state index contributed by atoms with van der Waals surface area (Å²) in [6.07, 6.45) is 0. The molecule has 0 spiro atoms. The van der Waals surface area contributed by atoms with Crippen LogP contribution in [0.25, 0.3) is 0 Å². The van der Waals surface area contributed by atoms with Crippen LogP contribution in [0.1, 0.15) is 0 Å². The summed E-state index contributed by atoms with van der Waals surface area (Å²) in [5.41, 5.74) is 0.628. The Bertz CT molecular complexity index is 651. The van der Waals surface area contributed by atoms with Gasteiger partial charge in [-0.1, -0.05) is 34.8 Å². The van der Waals surface area contributed by atoms with E-state index in [9.17, 15) is 4.79 Å². The number of halogens is 3. The zero-order chi connectivity index (χ0) is 16.1. The molecule has 1 amide bonds. The summed E-state index contributed by atoms with van der Waals surface area (Å²) < 4.78 is 10.4. The lowest BCUT2D eigenvalue weighted by Crippen LogP contribution is -2.20. The summed E-state index contributed by atoms with van der Waals surface area (Å²) >= 11 is 17.7. The van der Waals surface area contributed by atoms with Gasteiger partial charge in [-0.3, -0.25) is 4.79 Å². The Morgan fingerprint density at radius 2 is 1.68 bits per heavy atom. The van der Waals surface area contributed by atoms with E-state index in [-0.39, 0.29) is 28.3 Å². The van der Waals surface area contributed by atoms with Crippen LogP contribution in [0.15, 0.2) is 36.4 Å². The van der Waals surface area contributed by atoms with Crippen LogP contribution in [0.5, 0.6) is 11.5 Å². The van der Waals surface area contributed by atoms with Gasteiger partial charge in [-0.2, -0.15) is 0 Å². The monoisotopic (exact) mass is 359 g/mol. The van der Waals surface area contributed by atoms with Crippen molar-refractivity contribution in [1.82, 2.24) is 0 Å². The van der Waals surface area contributed by atoms with E-state index in [1.807, 2.05) is 0 Å². The Kier molecular flexibility index (Phi) is 5.77. The number of hydrogen-bond donors (Lipinski definition) is 1. The fraction of sp³-hybridized carbons (Fsp3) is 0.133. The average Bonchev–Trinajstić information content (AvgIpc) is 2.47. The summed E-state index contributed by atoms with van der Waals surface area (Å²) in [6.45, 7) is -0.229. The van der Waals surface area contributed by atoms with Crippen LogP contribution in [-0.2, 0) is 4.79 Å². The van der Waals surface area contributed by atoms with Crippen molar-refractivity contribution in [3.63, 3.8) is 0 Å². The van der Waals surface area contributed by atoms with Crippen LogP contribution in [-0.4, -0.2) is 19.6 Å². The first-order valence-corrected chi connectivity index (χ1v) is 7.34. The second-order valence-corrected chi connectivity index (χ2v) is 5.51. The molecule has 2 rings (SSSR count). The molecule has 2 aromatic carbocycles. The SMILES string of the molecule is COc1ccc(NC(=O)COc2c(Cl)cc(Cl)cc2Cl)cc1. The number of carbonyl (C=O) groups is 1. The van der Waals surface area contributed by atoms with Crippen molar-refractivity contribution in [2.24, 2.45) is 0 Å². The van der Waals surface area contributed by atoms with Gasteiger partial charge in [0.05, 0.1) is 17.2 Å². The van der Waals surface area contributed by atoms with Gasteiger partial charge in [0.1, 0.15) is 5.75 Å². The Hall–Kier alpha value is -1.62. The predicted molar refractivity (Wildman–Crippen MR) is 88.6 cm³/mol. The van der Waals surface area contributed by atoms with Crippen molar-refractivity contribution in [2.45, 2.75) is 0 Å². The molecule has 116 valence electrons. The van der Waals surface area contributed by atoms with E-state index < -0.39 is 0 Å². The van der Waals surface area contributed by atoms with E-state index in [2.05, 4.69) is 5.32 Å². The normalized spacial score (nSPS) is 10.2. The third kappa shape index (κ3) is 4.44. The van der Waals surface area contributed by atoms with Gasteiger partial charge in [0.2, 0.25) is 0 Å². The molecule has 4 nitrogen and oxygen atoms in total.